The molecule has 1 fully saturated rings. The number of Topliss-reactive ketones (excluding diaryl/α,β-unsaturated/α-hetero) is 1. The van der Waals surface area contributed by atoms with Crippen molar-refractivity contribution >= 4 is 11.5 Å². The van der Waals surface area contributed by atoms with E-state index in [2.05, 4.69) is 29.2 Å². The normalized spacial score (nSPS) is 23.9. The molecule has 3 heteroatoms. The first-order valence-corrected chi connectivity index (χ1v) is 8.47. The molecule has 0 aromatic heterocycles. The van der Waals surface area contributed by atoms with E-state index in [4.69, 9.17) is 0 Å². The minimum absolute atomic E-state index is 0.0864. The van der Waals surface area contributed by atoms with E-state index in [0.717, 1.165) is 6.42 Å². The summed E-state index contributed by atoms with van der Waals surface area (Å²) < 4.78 is 0. The van der Waals surface area contributed by atoms with Crippen LogP contribution in [0.1, 0.15) is 57.9 Å². The van der Waals surface area contributed by atoms with Crippen molar-refractivity contribution in [3.63, 3.8) is 0 Å². The van der Waals surface area contributed by atoms with Gasteiger partial charge in [0.2, 0.25) is 0 Å². The van der Waals surface area contributed by atoms with Gasteiger partial charge >= 0.3 is 0 Å². The number of carbonyl (C=O) groups excluding carboxylic acids is 1. The third-order valence-electron chi connectivity index (χ3n) is 5.02. The highest BCUT2D eigenvalue weighted by Gasteiger charge is 2.39. The maximum absolute atomic E-state index is 12.5. The maximum atomic E-state index is 12.5. The topological polar surface area (TPSA) is 44.1 Å². The molecule has 1 aliphatic carbocycles. The molecule has 2 unspecified atom stereocenters. The molecule has 1 saturated carbocycles. The van der Waals surface area contributed by atoms with Crippen LogP contribution < -0.4 is 4.90 Å². The quantitative estimate of drug-likeness (QED) is 0.594. The molecular formula is C20H24N2O. The zero-order valence-electron chi connectivity index (χ0n) is 14.2. The van der Waals surface area contributed by atoms with Crippen LogP contribution in [0.2, 0.25) is 0 Å². The Bertz CT molecular complexity index is 690. The standard InChI is InChI=1S/C20H24N2O/c1-20(2,3)19(23)14(12-21)13-22-17-10-6-4-8-15(17)16-9-5-7-11-18(16)22/h4,6,8,10,13,16,18H,5,7,9,11H2,1-3H3/b14-13+. The number of nitrogens with zero attached hydrogens (tertiary/aromatic N) is 2. The van der Waals surface area contributed by atoms with Crippen LogP contribution >= 0.6 is 0 Å². The monoisotopic (exact) mass is 308 g/mol. The van der Waals surface area contributed by atoms with Gasteiger partial charge in [0.05, 0.1) is 0 Å². The smallest absolute Gasteiger partial charge is 0.180 e. The minimum Gasteiger partial charge on any atom is -0.343 e. The zero-order valence-corrected chi connectivity index (χ0v) is 14.2. The van der Waals surface area contributed by atoms with E-state index in [1.54, 1.807) is 0 Å². The van der Waals surface area contributed by atoms with Crippen LogP contribution in [0.15, 0.2) is 36.0 Å². The van der Waals surface area contributed by atoms with E-state index in [9.17, 15) is 10.1 Å². The number of carbonyl (C=O) groups is 1. The molecular weight excluding hydrogens is 284 g/mol. The highest BCUT2D eigenvalue weighted by molar-refractivity contribution is 6.02. The lowest BCUT2D eigenvalue weighted by atomic mass is 9.82. The van der Waals surface area contributed by atoms with Crippen molar-refractivity contribution in [3.8, 4) is 6.07 Å². The van der Waals surface area contributed by atoms with Crippen LogP contribution in [0.25, 0.3) is 0 Å². The Morgan fingerprint density at radius 2 is 1.96 bits per heavy atom. The Balaban J connectivity index is 2.03. The predicted molar refractivity (Wildman–Crippen MR) is 92.1 cm³/mol. The van der Waals surface area contributed by atoms with Gasteiger partial charge in [0, 0.05) is 29.3 Å². The molecule has 0 bridgehead atoms. The molecule has 0 amide bonds. The summed E-state index contributed by atoms with van der Waals surface area (Å²) in [5.41, 5.74) is 2.26. The molecule has 0 N–H and O–H groups in total. The minimum atomic E-state index is -0.535. The van der Waals surface area contributed by atoms with Gasteiger partial charge in [0.1, 0.15) is 11.6 Å². The van der Waals surface area contributed by atoms with Gasteiger partial charge in [0.25, 0.3) is 0 Å². The summed E-state index contributed by atoms with van der Waals surface area (Å²) in [6.45, 7) is 5.59. The second-order valence-electron chi connectivity index (χ2n) is 7.66. The van der Waals surface area contributed by atoms with Gasteiger partial charge in [-0.3, -0.25) is 4.79 Å². The number of fused-ring (bicyclic) bond motifs is 3. The van der Waals surface area contributed by atoms with E-state index in [1.807, 2.05) is 33.0 Å². The lowest BCUT2D eigenvalue weighted by Crippen LogP contribution is -2.33. The zero-order chi connectivity index (χ0) is 16.6. The second kappa shape index (κ2) is 5.85. The summed E-state index contributed by atoms with van der Waals surface area (Å²) in [4.78, 5) is 14.7. The fourth-order valence-electron chi connectivity index (χ4n) is 3.87. The van der Waals surface area contributed by atoms with Crippen LogP contribution in [0, 0.1) is 16.7 Å². The van der Waals surface area contributed by atoms with Gasteiger partial charge in [-0.1, -0.05) is 51.8 Å². The Morgan fingerprint density at radius 3 is 2.65 bits per heavy atom. The van der Waals surface area contributed by atoms with Crippen molar-refractivity contribution in [2.24, 2.45) is 5.41 Å². The Hall–Kier alpha value is -2.08. The van der Waals surface area contributed by atoms with E-state index in [1.165, 1.54) is 30.5 Å². The van der Waals surface area contributed by atoms with Crippen molar-refractivity contribution in [3.05, 3.63) is 41.6 Å². The highest BCUT2D eigenvalue weighted by Crippen LogP contribution is 2.48. The van der Waals surface area contributed by atoms with E-state index in [0.29, 0.717) is 12.0 Å². The van der Waals surface area contributed by atoms with Gasteiger partial charge in [-0.2, -0.15) is 5.26 Å². The number of anilines is 1. The van der Waals surface area contributed by atoms with Gasteiger partial charge in [-0.25, -0.2) is 0 Å². The molecule has 1 aromatic rings. The number of hydrogen-bond acceptors (Lipinski definition) is 3. The third kappa shape index (κ3) is 2.79. The maximum Gasteiger partial charge on any atom is 0.180 e. The summed E-state index contributed by atoms with van der Waals surface area (Å²) in [6, 6.07) is 11.0. The molecule has 3 nitrogen and oxygen atoms in total. The van der Waals surface area contributed by atoms with Crippen LogP contribution in [0.5, 0.6) is 0 Å². The fourth-order valence-corrected chi connectivity index (χ4v) is 3.87. The number of hydrogen-bond donors (Lipinski definition) is 0. The van der Waals surface area contributed by atoms with Gasteiger partial charge in [-0.15, -0.1) is 0 Å². The summed E-state index contributed by atoms with van der Waals surface area (Å²) >= 11 is 0. The van der Waals surface area contributed by atoms with Crippen molar-refractivity contribution in [2.75, 3.05) is 4.90 Å². The SMILES string of the molecule is CC(C)(C)C(=O)/C(C#N)=C/N1c2ccccc2C2CCCCC21. The van der Waals surface area contributed by atoms with Gasteiger partial charge in [0.15, 0.2) is 5.78 Å². The van der Waals surface area contributed by atoms with Crippen LogP contribution in [-0.4, -0.2) is 11.8 Å². The molecule has 0 spiro atoms. The van der Waals surface area contributed by atoms with Crippen molar-refractivity contribution in [2.45, 2.75) is 58.4 Å². The Morgan fingerprint density at radius 1 is 1.26 bits per heavy atom. The average molecular weight is 308 g/mol. The first-order valence-electron chi connectivity index (χ1n) is 8.47. The molecule has 2 atom stereocenters. The molecule has 1 heterocycles. The number of nitriles is 1. The van der Waals surface area contributed by atoms with Crippen LogP contribution in [0.4, 0.5) is 5.69 Å². The van der Waals surface area contributed by atoms with Crippen molar-refractivity contribution in [1.29, 1.82) is 5.26 Å². The summed E-state index contributed by atoms with van der Waals surface area (Å²) in [5.74, 6) is 0.442. The van der Waals surface area contributed by atoms with Crippen molar-refractivity contribution < 1.29 is 4.79 Å². The summed E-state index contributed by atoms with van der Waals surface area (Å²) in [5, 5.41) is 9.50. The van der Waals surface area contributed by atoms with Gasteiger partial charge < -0.3 is 4.90 Å². The summed E-state index contributed by atoms with van der Waals surface area (Å²) in [6.07, 6.45) is 6.61. The first kappa shape index (κ1) is 15.8. The first-order chi connectivity index (χ1) is 10.9. The van der Waals surface area contributed by atoms with E-state index < -0.39 is 5.41 Å². The Labute approximate surface area is 138 Å². The molecule has 1 aromatic carbocycles. The third-order valence-corrected chi connectivity index (χ3v) is 5.02. The van der Waals surface area contributed by atoms with E-state index >= 15 is 0 Å². The molecule has 1 aliphatic heterocycles. The fraction of sp³-hybridized carbons (Fsp3) is 0.500. The number of benzene rings is 1. The molecule has 120 valence electrons. The molecule has 0 saturated heterocycles. The molecule has 3 rings (SSSR count). The van der Waals surface area contributed by atoms with Crippen molar-refractivity contribution in [1.82, 2.24) is 0 Å². The molecule has 0 radical (unpaired) electrons. The van der Waals surface area contributed by atoms with Crippen LogP contribution in [-0.2, 0) is 4.79 Å². The van der Waals surface area contributed by atoms with Crippen LogP contribution in [0.3, 0.4) is 0 Å². The lowest BCUT2D eigenvalue weighted by molar-refractivity contribution is -0.122. The number of allylic oxidation sites excluding steroid dienone is 1. The second-order valence-corrected chi connectivity index (χ2v) is 7.66. The predicted octanol–water partition coefficient (Wildman–Crippen LogP) is 4.56. The highest BCUT2D eigenvalue weighted by atomic mass is 16.1. The number of ketones is 1. The Kier molecular flexibility index (Phi) is 4.02. The average Bonchev–Trinajstić information content (AvgIpc) is 2.85. The summed E-state index contributed by atoms with van der Waals surface area (Å²) in [7, 11) is 0. The largest absolute Gasteiger partial charge is 0.343 e. The number of para-hydroxylation sites is 1. The van der Waals surface area contributed by atoms with E-state index in [-0.39, 0.29) is 11.4 Å². The molecule has 23 heavy (non-hydrogen) atoms. The van der Waals surface area contributed by atoms with Gasteiger partial charge in [-0.05, 0) is 24.5 Å². The number of rotatable bonds is 2. The lowest BCUT2D eigenvalue weighted by Gasteiger charge is -2.31. The molecule has 2 aliphatic rings.